The van der Waals surface area contributed by atoms with E-state index in [1.165, 1.54) is 12.1 Å². The van der Waals surface area contributed by atoms with Gasteiger partial charge in [-0.15, -0.1) is 10.2 Å². The third-order valence-electron chi connectivity index (χ3n) is 4.27. The number of aromatic nitrogens is 4. The molecule has 2 aromatic carbocycles. The third kappa shape index (κ3) is 4.37. The van der Waals surface area contributed by atoms with Crippen LogP contribution in [0, 0.1) is 12.7 Å². The van der Waals surface area contributed by atoms with Gasteiger partial charge in [-0.25, -0.2) is 4.39 Å². The summed E-state index contributed by atoms with van der Waals surface area (Å²) in [6.45, 7) is 2.00. The number of ether oxygens (including phenoxy) is 1. The van der Waals surface area contributed by atoms with Crippen molar-refractivity contribution in [3.8, 4) is 17.0 Å². The molecule has 1 N–H and O–H groups in total. The molecule has 2 heterocycles. The molecule has 0 fully saturated rings. The summed E-state index contributed by atoms with van der Waals surface area (Å²) in [5, 5.41) is 15.4. The molecule has 0 aliphatic carbocycles. The Balaban J connectivity index is 1.43. The van der Waals surface area contributed by atoms with Crippen LogP contribution in [0.5, 0.6) is 5.75 Å². The highest BCUT2D eigenvalue weighted by Crippen LogP contribution is 2.18. The number of aryl methyl sites for hydroxylation is 1. The number of hydrogen-bond acceptors (Lipinski definition) is 5. The number of amides is 1. The van der Waals surface area contributed by atoms with Gasteiger partial charge in [0.1, 0.15) is 11.6 Å². The Morgan fingerprint density at radius 3 is 2.72 bits per heavy atom. The molecule has 29 heavy (non-hydrogen) atoms. The summed E-state index contributed by atoms with van der Waals surface area (Å²) in [5.74, 6) is 0.528. The summed E-state index contributed by atoms with van der Waals surface area (Å²) in [6.07, 6.45) is 0. The number of hydrogen-bond donors (Lipinski definition) is 1. The molecule has 1 amide bonds. The Morgan fingerprint density at radius 2 is 1.93 bits per heavy atom. The van der Waals surface area contributed by atoms with E-state index in [0.29, 0.717) is 22.9 Å². The molecule has 0 aliphatic heterocycles. The zero-order valence-electron chi connectivity index (χ0n) is 15.7. The van der Waals surface area contributed by atoms with E-state index in [2.05, 4.69) is 20.6 Å². The van der Waals surface area contributed by atoms with Crippen molar-refractivity contribution in [1.29, 1.82) is 0 Å². The SMILES string of the molecule is Cc1cccc(OCC(=O)NCc2nnc3ccc(-c4ccc(F)cc4)nn23)c1. The van der Waals surface area contributed by atoms with Gasteiger partial charge in [0.05, 0.1) is 12.2 Å². The van der Waals surface area contributed by atoms with E-state index in [1.54, 1.807) is 34.8 Å². The van der Waals surface area contributed by atoms with Gasteiger partial charge >= 0.3 is 0 Å². The van der Waals surface area contributed by atoms with Crippen molar-refractivity contribution in [2.24, 2.45) is 0 Å². The zero-order chi connectivity index (χ0) is 20.2. The minimum Gasteiger partial charge on any atom is -0.484 e. The van der Waals surface area contributed by atoms with E-state index in [4.69, 9.17) is 4.74 Å². The van der Waals surface area contributed by atoms with Gasteiger partial charge in [-0.2, -0.15) is 9.61 Å². The highest BCUT2D eigenvalue weighted by molar-refractivity contribution is 5.77. The van der Waals surface area contributed by atoms with Crippen LogP contribution in [0.25, 0.3) is 16.9 Å². The van der Waals surface area contributed by atoms with Crippen LogP contribution in [0.1, 0.15) is 11.4 Å². The summed E-state index contributed by atoms with van der Waals surface area (Å²) in [7, 11) is 0. The van der Waals surface area contributed by atoms with E-state index in [-0.39, 0.29) is 24.9 Å². The van der Waals surface area contributed by atoms with Gasteiger partial charge in [0.15, 0.2) is 18.1 Å². The average molecular weight is 391 g/mol. The highest BCUT2D eigenvalue weighted by atomic mass is 19.1. The van der Waals surface area contributed by atoms with Crippen LogP contribution in [-0.2, 0) is 11.3 Å². The number of halogens is 1. The van der Waals surface area contributed by atoms with Crippen LogP contribution in [0.3, 0.4) is 0 Å². The summed E-state index contributed by atoms with van der Waals surface area (Å²) < 4.78 is 20.2. The first-order chi connectivity index (χ1) is 14.1. The van der Waals surface area contributed by atoms with Crippen LogP contribution >= 0.6 is 0 Å². The Hall–Kier alpha value is -3.81. The van der Waals surface area contributed by atoms with Crippen molar-refractivity contribution in [3.63, 3.8) is 0 Å². The molecule has 0 saturated heterocycles. The smallest absolute Gasteiger partial charge is 0.258 e. The van der Waals surface area contributed by atoms with E-state index in [0.717, 1.165) is 11.1 Å². The lowest BCUT2D eigenvalue weighted by Crippen LogP contribution is -2.29. The van der Waals surface area contributed by atoms with Crippen molar-refractivity contribution in [2.45, 2.75) is 13.5 Å². The fraction of sp³-hybridized carbons (Fsp3) is 0.143. The monoisotopic (exact) mass is 391 g/mol. The molecule has 0 bridgehead atoms. The number of nitrogens with zero attached hydrogens (tertiary/aromatic N) is 4. The predicted octanol–water partition coefficient (Wildman–Crippen LogP) is 2.93. The van der Waals surface area contributed by atoms with E-state index in [1.807, 2.05) is 25.1 Å². The molecule has 7 nitrogen and oxygen atoms in total. The first kappa shape index (κ1) is 18.5. The van der Waals surface area contributed by atoms with Gasteiger partial charge < -0.3 is 10.1 Å². The maximum Gasteiger partial charge on any atom is 0.258 e. The third-order valence-corrected chi connectivity index (χ3v) is 4.27. The van der Waals surface area contributed by atoms with E-state index < -0.39 is 0 Å². The molecular formula is C21H18FN5O2. The molecule has 4 aromatic rings. The molecule has 2 aromatic heterocycles. The van der Waals surface area contributed by atoms with Crippen LogP contribution < -0.4 is 10.1 Å². The normalized spacial score (nSPS) is 10.8. The lowest BCUT2D eigenvalue weighted by Gasteiger charge is -2.07. The molecule has 0 radical (unpaired) electrons. The summed E-state index contributed by atoms with van der Waals surface area (Å²) >= 11 is 0. The maximum atomic E-state index is 13.1. The first-order valence-corrected chi connectivity index (χ1v) is 9.02. The number of nitrogens with one attached hydrogen (secondary N) is 1. The summed E-state index contributed by atoms with van der Waals surface area (Å²) in [6, 6.07) is 17.1. The predicted molar refractivity (Wildman–Crippen MR) is 105 cm³/mol. The van der Waals surface area contributed by atoms with Crippen molar-refractivity contribution < 1.29 is 13.9 Å². The second-order valence-corrected chi connectivity index (χ2v) is 6.49. The summed E-state index contributed by atoms with van der Waals surface area (Å²) in [5.41, 5.74) is 3.02. The molecule has 4 rings (SSSR count). The number of fused-ring (bicyclic) bond motifs is 1. The van der Waals surface area contributed by atoms with Gasteiger partial charge in [0.25, 0.3) is 5.91 Å². The Kier molecular flexibility index (Phi) is 5.15. The average Bonchev–Trinajstić information content (AvgIpc) is 3.13. The Bertz CT molecular complexity index is 1160. The van der Waals surface area contributed by atoms with Crippen LogP contribution in [-0.4, -0.2) is 32.3 Å². The van der Waals surface area contributed by atoms with Crippen LogP contribution in [0.2, 0.25) is 0 Å². The largest absolute Gasteiger partial charge is 0.484 e. The number of rotatable bonds is 6. The van der Waals surface area contributed by atoms with E-state index >= 15 is 0 Å². The molecule has 8 heteroatoms. The lowest BCUT2D eigenvalue weighted by molar-refractivity contribution is -0.123. The highest BCUT2D eigenvalue weighted by Gasteiger charge is 2.11. The number of carbonyl (C=O) groups is 1. The Morgan fingerprint density at radius 1 is 1.10 bits per heavy atom. The summed E-state index contributed by atoms with van der Waals surface area (Å²) in [4.78, 5) is 12.1. The topological polar surface area (TPSA) is 81.4 Å². The van der Waals surface area contributed by atoms with Crippen molar-refractivity contribution in [2.75, 3.05) is 6.61 Å². The Labute approximate surface area is 166 Å². The van der Waals surface area contributed by atoms with Gasteiger partial charge in [0, 0.05) is 5.56 Å². The fourth-order valence-corrected chi connectivity index (χ4v) is 2.80. The number of carbonyl (C=O) groups excluding carboxylic acids is 1. The van der Waals surface area contributed by atoms with Crippen molar-refractivity contribution >= 4 is 11.6 Å². The van der Waals surface area contributed by atoms with Gasteiger partial charge in [-0.3, -0.25) is 4.79 Å². The second-order valence-electron chi connectivity index (χ2n) is 6.49. The second kappa shape index (κ2) is 8.05. The standard InChI is InChI=1S/C21H18FN5O2/c1-14-3-2-4-17(11-14)29-13-21(28)23-12-20-25-24-19-10-9-18(26-27(19)20)15-5-7-16(22)8-6-15/h2-11H,12-13H2,1H3,(H,23,28). The van der Waals surface area contributed by atoms with Gasteiger partial charge in [0.2, 0.25) is 0 Å². The van der Waals surface area contributed by atoms with Gasteiger partial charge in [-0.1, -0.05) is 12.1 Å². The van der Waals surface area contributed by atoms with Crippen molar-refractivity contribution in [3.05, 3.63) is 77.9 Å². The minimum atomic E-state index is -0.310. The number of benzene rings is 2. The van der Waals surface area contributed by atoms with Crippen LogP contribution in [0.15, 0.2) is 60.7 Å². The molecule has 0 aliphatic rings. The van der Waals surface area contributed by atoms with Crippen LogP contribution in [0.4, 0.5) is 4.39 Å². The quantitative estimate of drug-likeness (QED) is 0.547. The van der Waals surface area contributed by atoms with Crippen molar-refractivity contribution in [1.82, 2.24) is 25.1 Å². The van der Waals surface area contributed by atoms with E-state index in [9.17, 15) is 9.18 Å². The van der Waals surface area contributed by atoms with Gasteiger partial charge in [-0.05, 0) is 61.0 Å². The molecule has 0 atom stereocenters. The molecule has 0 saturated carbocycles. The first-order valence-electron chi connectivity index (χ1n) is 9.02. The molecule has 146 valence electrons. The fourth-order valence-electron chi connectivity index (χ4n) is 2.80. The zero-order valence-corrected chi connectivity index (χ0v) is 15.7. The lowest BCUT2D eigenvalue weighted by atomic mass is 10.1. The maximum absolute atomic E-state index is 13.1. The molecular weight excluding hydrogens is 373 g/mol. The minimum absolute atomic E-state index is 0.103. The molecule has 0 spiro atoms. The molecule has 0 unspecified atom stereocenters.